The summed E-state index contributed by atoms with van der Waals surface area (Å²) in [7, 11) is 0. The van der Waals surface area contributed by atoms with Gasteiger partial charge in [0.05, 0.1) is 23.3 Å². The number of nitro benzene ring substituents is 1. The summed E-state index contributed by atoms with van der Waals surface area (Å²) in [5, 5.41) is 14.6. The number of hydrazone groups is 1. The van der Waals surface area contributed by atoms with Crippen molar-refractivity contribution < 1.29 is 28.7 Å². The number of carbonyl (C=O) groups is 2. The lowest BCUT2D eigenvalue weighted by Gasteiger charge is -2.10. The smallest absolute Gasteiger partial charge is 0.343 e. The van der Waals surface area contributed by atoms with Crippen LogP contribution >= 0.6 is 0 Å². The number of nitrogens with one attached hydrogen (secondary N) is 1. The first-order valence-corrected chi connectivity index (χ1v) is 10.2. The number of esters is 1. The van der Waals surface area contributed by atoms with Crippen molar-refractivity contribution in [3.05, 3.63) is 94.0 Å². The molecule has 3 rings (SSSR count). The molecule has 3 aromatic rings. The molecule has 1 N–H and O–H groups in total. The third kappa shape index (κ3) is 6.89. The summed E-state index contributed by atoms with van der Waals surface area (Å²) in [6.07, 6.45) is 1.38. The van der Waals surface area contributed by atoms with Crippen LogP contribution in [0.15, 0.2) is 77.9 Å². The van der Waals surface area contributed by atoms with Crippen LogP contribution in [0.25, 0.3) is 0 Å². The minimum atomic E-state index is -0.665. The Morgan fingerprint density at radius 3 is 2.38 bits per heavy atom. The molecular formula is C24H21N3O7. The van der Waals surface area contributed by atoms with Gasteiger partial charge in [-0.3, -0.25) is 14.9 Å². The van der Waals surface area contributed by atoms with Gasteiger partial charge >= 0.3 is 5.97 Å². The number of carbonyl (C=O) groups excluding carboxylic acids is 2. The number of hydrogen-bond donors (Lipinski definition) is 1. The minimum Gasteiger partial charge on any atom is -0.490 e. The van der Waals surface area contributed by atoms with E-state index in [4.69, 9.17) is 14.2 Å². The van der Waals surface area contributed by atoms with Crippen molar-refractivity contribution in [1.29, 1.82) is 0 Å². The molecule has 0 bridgehead atoms. The van der Waals surface area contributed by atoms with Crippen molar-refractivity contribution >= 4 is 23.8 Å². The molecule has 0 saturated heterocycles. The monoisotopic (exact) mass is 463 g/mol. The van der Waals surface area contributed by atoms with Gasteiger partial charge in [0, 0.05) is 12.1 Å². The number of rotatable bonds is 10. The number of amides is 1. The molecular weight excluding hydrogens is 442 g/mol. The van der Waals surface area contributed by atoms with E-state index in [2.05, 4.69) is 10.5 Å². The maximum Gasteiger partial charge on any atom is 0.343 e. The average Bonchev–Trinajstić information content (AvgIpc) is 2.84. The second kappa shape index (κ2) is 11.8. The number of non-ortho nitro benzene ring substituents is 1. The summed E-state index contributed by atoms with van der Waals surface area (Å²) in [4.78, 5) is 34.4. The Morgan fingerprint density at radius 1 is 1.00 bits per heavy atom. The highest BCUT2D eigenvalue weighted by molar-refractivity contribution is 5.91. The predicted octanol–water partition coefficient (Wildman–Crippen LogP) is 3.74. The van der Waals surface area contributed by atoms with Gasteiger partial charge < -0.3 is 14.2 Å². The molecule has 0 atom stereocenters. The molecule has 10 heteroatoms. The van der Waals surface area contributed by atoms with E-state index < -0.39 is 16.8 Å². The fourth-order valence-electron chi connectivity index (χ4n) is 2.74. The van der Waals surface area contributed by atoms with Crippen LogP contribution in [0.3, 0.4) is 0 Å². The summed E-state index contributed by atoms with van der Waals surface area (Å²) in [5.74, 6) is 0.104. The van der Waals surface area contributed by atoms with Crippen LogP contribution in [0.1, 0.15) is 22.8 Å². The van der Waals surface area contributed by atoms with Crippen LogP contribution in [0.4, 0.5) is 5.69 Å². The van der Waals surface area contributed by atoms with Gasteiger partial charge in [-0.15, -0.1) is 0 Å². The summed E-state index contributed by atoms with van der Waals surface area (Å²) in [6.45, 7) is 2.07. The van der Waals surface area contributed by atoms with Gasteiger partial charge in [0.15, 0.2) is 18.1 Å². The van der Waals surface area contributed by atoms with E-state index >= 15 is 0 Å². The zero-order chi connectivity index (χ0) is 24.3. The van der Waals surface area contributed by atoms with Gasteiger partial charge in [0.1, 0.15) is 5.75 Å². The molecule has 10 nitrogen and oxygen atoms in total. The van der Waals surface area contributed by atoms with Gasteiger partial charge in [-0.05, 0) is 48.9 Å². The van der Waals surface area contributed by atoms with Gasteiger partial charge in [-0.1, -0.05) is 24.3 Å². The van der Waals surface area contributed by atoms with Crippen LogP contribution < -0.4 is 19.6 Å². The highest BCUT2D eigenvalue weighted by atomic mass is 16.6. The standard InChI is InChI=1S/C24H21N3O7/c1-2-32-21-8-3-4-9-22(21)33-16-23(28)26-25-15-17-6-5-7-20(14-17)34-24(29)18-10-12-19(13-11-18)27(30)31/h3-15H,2,16H2,1H3,(H,26,28)/b25-15+. The molecule has 0 aliphatic heterocycles. The van der Waals surface area contributed by atoms with Crippen LogP contribution in [0, 0.1) is 10.1 Å². The minimum absolute atomic E-state index is 0.124. The molecule has 0 heterocycles. The number of benzene rings is 3. The third-order valence-electron chi connectivity index (χ3n) is 4.29. The number of nitrogens with zero attached hydrogens (tertiary/aromatic N) is 2. The normalized spacial score (nSPS) is 10.5. The van der Waals surface area contributed by atoms with Crippen LogP contribution in [0.5, 0.6) is 17.2 Å². The molecule has 1 amide bonds. The van der Waals surface area contributed by atoms with Gasteiger partial charge in [-0.25, -0.2) is 10.2 Å². The largest absolute Gasteiger partial charge is 0.490 e. The maximum atomic E-state index is 12.3. The first kappa shape index (κ1) is 23.9. The van der Waals surface area contributed by atoms with Gasteiger partial charge in [0.2, 0.25) is 0 Å². The summed E-state index contributed by atoms with van der Waals surface area (Å²) in [5.41, 5.74) is 2.97. The van der Waals surface area contributed by atoms with E-state index in [-0.39, 0.29) is 23.6 Å². The lowest BCUT2D eigenvalue weighted by molar-refractivity contribution is -0.384. The Kier molecular flexibility index (Phi) is 8.28. The van der Waals surface area contributed by atoms with Crippen molar-refractivity contribution in [3.8, 4) is 17.2 Å². The zero-order valence-corrected chi connectivity index (χ0v) is 18.2. The van der Waals surface area contributed by atoms with Crippen LogP contribution in [0.2, 0.25) is 0 Å². The molecule has 3 aromatic carbocycles. The highest BCUT2D eigenvalue weighted by Gasteiger charge is 2.12. The first-order chi connectivity index (χ1) is 16.5. The molecule has 0 radical (unpaired) electrons. The van der Waals surface area contributed by atoms with E-state index in [9.17, 15) is 19.7 Å². The summed E-state index contributed by atoms with van der Waals surface area (Å²) >= 11 is 0. The lowest BCUT2D eigenvalue weighted by Crippen LogP contribution is -2.24. The second-order valence-corrected chi connectivity index (χ2v) is 6.73. The molecule has 0 spiro atoms. The Bertz CT molecular complexity index is 1190. The molecule has 0 aliphatic rings. The fraction of sp³-hybridized carbons (Fsp3) is 0.125. The van der Waals surface area contributed by atoms with Gasteiger partial charge in [-0.2, -0.15) is 5.10 Å². The SMILES string of the molecule is CCOc1ccccc1OCC(=O)N/N=C/c1cccc(OC(=O)c2ccc([N+](=O)[O-])cc2)c1. The maximum absolute atomic E-state index is 12.3. The van der Waals surface area contributed by atoms with Crippen molar-refractivity contribution in [2.45, 2.75) is 6.92 Å². The van der Waals surface area contributed by atoms with Crippen molar-refractivity contribution in [2.75, 3.05) is 13.2 Å². The van der Waals surface area contributed by atoms with Crippen LogP contribution in [-0.4, -0.2) is 36.2 Å². The summed E-state index contributed by atoms with van der Waals surface area (Å²) < 4.78 is 16.2. The Balaban J connectivity index is 1.52. The second-order valence-electron chi connectivity index (χ2n) is 6.73. The summed E-state index contributed by atoms with van der Waals surface area (Å²) in [6, 6.07) is 18.6. The van der Waals surface area contributed by atoms with Crippen molar-refractivity contribution in [1.82, 2.24) is 5.43 Å². The highest BCUT2D eigenvalue weighted by Crippen LogP contribution is 2.26. The van der Waals surface area contributed by atoms with E-state index in [0.717, 1.165) is 0 Å². The lowest BCUT2D eigenvalue weighted by atomic mass is 10.2. The number of nitro groups is 1. The molecule has 0 aromatic heterocycles. The average molecular weight is 463 g/mol. The molecule has 34 heavy (non-hydrogen) atoms. The van der Waals surface area contributed by atoms with E-state index in [1.807, 2.05) is 6.92 Å². The quantitative estimate of drug-likeness (QED) is 0.159. The molecule has 0 saturated carbocycles. The topological polar surface area (TPSA) is 129 Å². The molecule has 0 unspecified atom stereocenters. The third-order valence-corrected chi connectivity index (χ3v) is 4.29. The van der Waals surface area contributed by atoms with E-state index in [0.29, 0.717) is 23.7 Å². The number of para-hydroxylation sites is 2. The molecule has 0 fully saturated rings. The van der Waals surface area contributed by atoms with Crippen molar-refractivity contribution in [2.24, 2.45) is 5.10 Å². The number of hydrogen-bond acceptors (Lipinski definition) is 8. The van der Waals surface area contributed by atoms with Gasteiger partial charge in [0.25, 0.3) is 11.6 Å². The van der Waals surface area contributed by atoms with E-state index in [1.165, 1.54) is 30.5 Å². The molecule has 0 aliphatic carbocycles. The Labute approximate surface area is 194 Å². The van der Waals surface area contributed by atoms with E-state index in [1.54, 1.807) is 48.5 Å². The Hall–Kier alpha value is -4.73. The molecule has 174 valence electrons. The predicted molar refractivity (Wildman–Crippen MR) is 123 cm³/mol. The van der Waals surface area contributed by atoms with Crippen LogP contribution in [-0.2, 0) is 4.79 Å². The first-order valence-electron chi connectivity index (χ1n) is 10.2. The fourth-order valence-corrected chi connectivity index (χ4v) is 2.74. The number of ether oxygens (including phenoxy) is 3. The zero-order valence-electron chi connectivity index (χ0n) is 18.2. The Morgan fingerprint density at radius 2 is 1.71 bits per heavy atom. The van der Waals surface area contributed by atoms with Crippen molar-refractivity contribution in [3.63, 3.8) is 0 Å².